The smallest absolute Gasteiger partial charge is 0.414 e. The molecule has 1 aliphatic heterocycles. The first-order valence-corrected chi connectivity index (χ1v) is 5.93. The standard InChI is InChI=1S/C13H15NO5/c1-18-12(16)10-4-2-3-5-11(10)14-7-6-9(8-15)19-13(14)17/h2-5,9,15H,6-8H2,1H3. The zero-order valence-electron chi connectivity index (χ0n) is 10.5. The lowest BCUT2D eigenvalue weighted by Gasteiger charge is -2.31. The third kappa shape index (κ3) is 2.68. The summed E-state index contributed by atoms with van der Waals surface area (Å²) in [6.07, 6.45) is -0.534. The van der Waals surface area contributed by atoms with E-state index in [1.165, 1.54) is 12.0 Å². The van der Waals surface area contributed by atoms with Crippen LogP contribution in [0.1, 0.15) is 16.8 Å². The maximum absolute atomic E-state index is 11.9. The fraction of sp³-hybridized carbons (Fsp3) is 0.385. The average molecular weight is 265 g/mol. The van der Waals surface area contributed by atoms with Gasteiger partial charge in [0.2, 0.25) is 0 Å². The number of carbonyl (C=O) groups excluding carboxylic acids is 2. The van der Waals surface area contributed by atoms with E-state index in [1.54, 1.807) is 24.3 Å². The third-order valence-corrected chi connectivity index (χ3v) is 2.97. The van der Waals surface area contributed by atoms with E-state index < -0.39 is 18.2 Å². The lowest BCUT2D eigenvalue weighted by molar-refractivity contribution is 0.0451. The Morgan fingerprint density at radius 2 is 2.26 bits per heavy atom. The molecule has 6 nitrogen and oxygen atoms in total. The van der Waals surface area contributed by atoms with Crippen molar-refractivity contribution in [2.45, 2.75) is 12.5 Å². The number of rotatable bonds is 3. The fourth-order valence-corrected chi connectivity index (χ4v) is 1.97. The Balaban J connectivity index is 2.27. The number of amides is 1. The van der Waals surface area contributed by atoms with Gasteiger partial charge in [0, 0.05) is 13.0 Å². The Morgan fingerprint density at radius 3 is 2.89 bits per heavy atom. The van der Waals surface area contributed by atoms with Gasteiger partial charge in [-0.15, -0.1) is 0 Å². The number of hydrogen-bond donors (Lipinski definition) is 1. The summed E-state index contributed by atoms with van der Waals surface area (Å²) in [4.78, 5) is 24.9. The number of anilines is 1. The maximum Gasteiger partial charge on any atom is 0.414 e. The van der Waals surface area contributed by atoms with Crippen molar-refractivity contribution in [2.75, 3.05) is 25.2 Å². The van der Waals surface area contributed by atoms with Gasteiger partial charge in [0.25, 0.3) is 0 Å². The fourth-order valence-electron chi connectivity index (χ4n) is 1.97. The van der Waals surface area contributed by atoms with Crippen molar-refractivity contribution in [1.82, 2.24) is 0 Å². The molecule has 1 amide bonds. The highest BCUT2D eigenvalue weighted by molar-refractivity contribution is 6.00. The molecule has 0 aromatic heterocycles. The molecule has 1 aromatic carbocycles. The number of para-hydroxylation sites is 1. The molecule has 1 aromatic rings. The molecule has 2 rings (SSSR count). The predicted molar refractivity (Wildman–Crippen MR) is 67.1 cm³/mol. The molecule has 19 heavy (non-hydrogen) atoms. The van der Waals surface area contributed by atoms with Gasteiger partial charge < -0.3 is 14.6 Å². The first kappa shape index (κ1) is 13.4. The van der Waals surface area contributed by atoms with E-state index in [0.29, 0.717) is 24.2 Å². The molecule has 0 aliphatic carbocycles. The van der Waals surface area contributed by atoms with Crippen molar-refractivity contribution < 1.29 is 24.2 Å². The molecule has 1 atom stereocenters. The number of esters is 1. The molecular weight excluding hydrogens is 250 g/mol. The van der Waals surface area contributed by atoms with Crippen LogP contribution in [0.3, 0.4) is 0 Å². The average Bonchev–Trinajstić information content (AvgIpc) is 2.46. The number of benzene rings is 1. The van der Waals surface area contributed by atoms with Crippen LogP contribution in [0.4, 0.5) is 10.5 Å². The zero-order chi connectivity index (χ0) is 13.8. The van der Waals surface area contributed by atoms with E-state index in [9.17, 15) is 9.59 Å². The Bertz CT molecular complexity index is 488. The number of carbonyl (C=O) groups is 2. The highest BCUT2D eigenvalue weighted by Gasteiger charge is 2.30. The van der Waals surface area contributed by atoms with Crippen LogP contribution in [0.15, 0.2) is 24.3 Å². The molecule has 1 fully saturated rings. The third-order valence-electron chi connectivity index (χ3n) is 2.97. The molecule has 6 heteroatoms. The summed E-state index contributed by atoms with van der Waals surface area (Å²) in [5.41, 5.74) is 0.764. The second-order valence-corrected chi connectivity index (χ2v) is 4.14. The Morgan fingerprint density at radius 1 is 1.53 bits per heavy atom. The molecule has 0 spiro atoms. The van der Waals surface area contributed by atoms with Gasteiger partial charge >= 0.3 is 12.1 Å². The maximum atomic E-state index is 11.9. The van der Waals surface area contributed by atoms with Gasteiger partial charge in [0.1, 0.15) is 6.10 Å². The Kier molecular flexibility index (Phi) is 4.01. The van der Waals surface area contributed by atoms with Gasteiger partial charge in [-0.05, 0) is 12.1 Å². The summed E-state index contributed by atoms with van der Waals surface area (Å²) in [7, 11) is 1.29. The van der Waals surface area contributed by atoms with Crippen LogP contribution in [0.5, 0.6) is 0 Å². The molecule has 1 heterocycles. The molecule has 102 valence electrons. The monoisotopic (exact) mass is 265 g/mol. The minimum Gasteiger partial charge on any atom is -0.465 e. The number of aliphatic hydroxyl groups is 1. The minimum absolute atomic E-state index is 0.196. The van der Waals surface area contributed by atoms with Gasteiger partial charge in [0.15, 0.2) is 0 Å². The topological polar surface area (TPSA) is 76.1 Å². The molecule has 1 saturated heterocycles. The van der Waals surface area contributed by atoms with Crippen molar-refractivity contribution in [3.05, 3.63) is 29.8 Å². The summed E-state index contributed by atoms with van der Waals surface area (Å²) in [5, 5.41) is 8.98. The molecule has 0 bridgehead atoms. The van der Waals surface area contributed by atoms with Crippen LogP contribution in [-0.2, 0) is 9.47 Å². The number of ether oxygens (including phenoxy) is 2. The molecule has 0 radical (unpaired) electrons. The largest absolute Gasteiger partial charge is 0.465 e. The minimum atomic E-state index is -0.568. The van der Waals surface area contributed by atoms with E-state index in [4.69, 9.17) is 9.84 Å². The Hall–Kier alpha value is -2.08. The summed E-state index contributed by atoms with van der Waals surface area (Å²) < 4.78 is 9.74. The summed E-state index contributed by atoms with van der Waals surface area (Å²) in [5.74, 6) is -0.507. The molecular formula is C13H15NO5. The van der Waals surface area contributed by atoms with E-state index in [-0.39, 0.29) is 6.61 Å². The van der Waals surface area contributed by atoms with Gasteiger partial charge in [0.05, 0.1) is 25.0 Å². The van der Waals surface area contributed by atoms with Crippen molar-refractivity contribution in [3.8, 4) is 0 Å². The highest BCUT2D eigenvalue weighted by atomic mass is 16.6. The Labute approximate surface area is 110 Å². The zero-order valence-corrected chi connectivity index (χ0v) is 10.5. The first-order chi connectivity index (χ1) is 9.17. The van der Waals surface area contributed by atoms with Crippen LogP contribution in [0.2, 0.25) is 0 Å². The van der Waals surface area contributed by atoms with E-state index in [2.05, 4.69) is 4.74 Å². The number of hydrogen-bond acceptors (Lipinski definition) is 5. The van der Waals surface area contributed by atoms with Crippen LogP contribution >= 0.6 is 0 Å². The van der Waals surface area contributed by atoms with Crippen molar-refractivity contribution in [3.63, 3.8) is 0 Å². The van der Waals surface area contributed by atoms with E-state index >= 15 is 0 Å². The summed E-state index contributed by atoms with van der Waals surface area (Å²) in [6.45, 7) is 0.191. The number of aliphatic hydroxyl groups excluding tert-OH is 1. The number of methoxy groups -OCH3 is 1. The van der Waals surface area contributed by atoms with Crippen LogP contribution < -0.4 is 4.90 Å². The van der Waals surface area contributed by atoms with Gasteiger partial charge in [-0.25, -0.2) is 9.59 Å². The van der Waals surface area contributed by atoms with Crippen LogP contribution in [0.25, 0.3) is 0 Å². The van der Waals surface area contributed by atoms with Gasteiger partial charge in [-0.3, -0.25) is 4.90 Å². The molecule has 1 unspecified atom stereocenters. The van der Waals surface area contributed by atoms with Crippen molar-refractivity contribution >= 4 is 17.7 Å². The second kappa shape index (κ2) is 5.71. The first-order valence-electron chi connectivity index (χ1n) is 5.93. The van der Waals surface area contributed by atoms with Crippen molar-refractivity contribution in [1.29, 1.82) is 0 Å². The number of nitrogens with zero attached hydrogens (tertiary/aromatic N) is 1. The normalized spacial score (nSPS) is 18.9. The van der Waals surface area contributed by atoms with Crippen LogP contribution in [0, 0.1) is 0 Å². The summed E-state index contributed by atoms with van der Waals surface area (Å²) in [6, 6.07) is 6.67. The predicted octanol–water partition coefficient (Wildman–Crippen LogP) is 1.18. The van der Waals surface area contributed by atoms with E-state index in [0.717, 1.165) is 0 Å². The number of cyclic esters (lactones) is 1. The lowest BCUT2D eigenvalue weighted by atomic mass is 10.1. The quantitative estimate of drug-likeness (QED) is 0.830. The molecule has 0 saturated carbocycles. The summed E-state index contributed by atoms with van der Waals surface area (Å²) >= 11 is 0. The molecule has 1 aliphatic rings. The SMILES string of the molecule is COC(=O)c1ccccc1N1CCC(CO)OC1=O. The van der Waals surface area contributed by atoms with Crippen LogP contribution in [-0.4, -0.2) is 43.5 Å². The lowest BCUT2D eigenvalue weighted by Crippen LogP contribution is -2.43. The van der Waals surface area contributed by atoms with Gasteiger partial charge in [-0.2, -0.15) is 0 Å². The highest BCUT2D eigenvalue weighted by Crippen LogP contribution is 2.25. The van der Waals surface area contributed by atoms with Crippen molar-refractivity contribution in [2.24, 2.45) is 0 Å². The second-order valence-electron chi connectivity index (χ2n) is 4.14. The van der Waals surface area contributed by atoms with E-state index in [1.807, 2.05) is 0 Å². The van der Waals surface area contributed by atoms with Gasteiger partial charge in [-0.1, -0.05) is 12.1 Å². The molecule has 1 N–H and O–H groups in total.